The molecule has 3 rings (SSSR count). The molecule has 0 radical (unpaired) electrons. The van der Waals surface area contributed by atoms with E-state index in [1.807, 2.05) is 0 Å². The summed E-state index contributed by atoms with van der Waals surface area (Å²) in [7, 11) is 0. The highest BCUT2D eigenvalue weighted by molar-refractivity contribution is 4.81. The fourth-order valence-electron chi connectivity index (χ4n) is 3.87. The molecule has 0 unspecified atom stereocenters. The number of nitrogens with one attached hydrogen (secondary N) is 1. The molecule has 3 fully saturated rings. The smallest absolute Gasteiger partial charge is 0.0603 e. The van der Waals surface area contributed by atoms with E-state index in [0.717, 1.165) is 11.8 Å². The first-order chi connectivity index (χ1) is 9.29. The van der Waals surface area contributed by atoms with Crippen LogP contribution in [0.4, 0.5) is 0 Å². The molecule has 0 amide bonds. The third-order valence-corrected chi connectivity index (χ3v) is 5.23. The molecular weight excluding hydrogens is 236 g/mol. The first-order valence-electron chi connectivity index (χ1n) is 8.38. The van der Waals surface area contributed by atoms with E-state index in [1.165, 1.54) is 71.2 Å². The Morgan fingerprint density at radius 1 is 1.00 bits per heavy atom. The fourth-order valence-corrected chi connectivity index (χ4v) is 3.87. The lowest BCUT2D eigenvalue weighted by Crippen LogP contribution is -2.43. The number of piperidine rings is 2. The van der Waals surface area contributed by atoms with Crippen molar-refractivity contribution in [1.82, 2.24) is 10.2 Å². The maximum atomic E-state index is 6.20. The molecule has 3 aliphatic rings. The van der Waals surface area contributed by atoms with E-state index in [1.54, 1.807) is 0 Å². The molecule has 0 atom stereocenters. The number of nitrogens with zero attached hydrogens (tertiary/aromatic N) is 1. The molecule has 19 heavy (non-hydrogen) atoms. The van der Waals surface area contributed by atoms with Crippen LogP contribution in [0.1, 0.15) is 45.4 Å². The summed E-state index contributed by atoms with van der Waals surface area (Å²) in [6.45, 7) is 8.64. The van der Waals surface area contributed by atoms with Crippen molar-refractivity contribution >= 4 is 0 Å². The second-order valence-corrected chi connectivity index (χ2v) is 7.03. The van der Waals surface area contributed by atoms with Crippen molar-refractivity contribution in [3.05, 3.63) is 0 Å². The van der Waals surface area contributed by atoms with Gasteiger partial charge in [0.25, 0.3) is 0 Å². The van der Waals surface area contributed by atoms with Crippen LogP contribution in [0.3, 0.4) is 0 Å². The molecule has 1 aliphatic carbocycles. The molecule has 0 bridgehead atoms. The Morgan fingerprint density at radius 2 is 1.68 bits per heavy atom. The third kappa shape index (κ3) is 3.93. The normalized spacial score (nSPS) is 35.2. The van der Waals surface area contributed by atoms with Crippen LogP contribution in [-0.4, -0.2) is 49.8 Å². The Balaban J connectivity index is 1.32. The summed E-state index contributed by atoms with van der Waals surface area (Å²) in [4.78, 5) is 2.68. The van der Waals surface area contributed by atoms with E-state index < -0.39 is 0 Å². The molecule has 2 heterocycles. The van der Waals surface area contributed by atoms with Crippen LogP contribution in [0.2, 0.25) is 0 Å². The van der Waals surface area contributed by atoms with E-state index in [4.69, 9.17) is 4.74 Å². The highest BCUT2D eigenvalue weighted by Gasteiger charge is 2.30. The van der Waals surface area contributed by atoms with E-state index in [-0.39, 0.29) is 0 Å². The molecule has 0 spiro atoms. The largest absolute Gasteiger partial charge is 0.375 e. The summed E-state index contributed by atoms with van der Waals surface area (Å²) in [5.41, 5.74) is 0. The van der Waals surface area contributed by atoms with Crippen molar-refractivity contribution in [2.24, 2.45) is 11.8 Å². The predicted octanol–water partition coefficient (Wildman–Crippen LogP) is 2.27. The summed E-state index contributed by atoms with van der Waals surface area (Å²) in [6.07, 6.45) is 9.01. The molecule has 1 N–H and O–H groups in total. The van der Waals surface area contributed by atoms with Crippen molar-refractivity contribution in [2.45, 2.75) is 57.7 Å². The molecule has 0 aromatic carbocycles. The van der Waals surface area contributed by atoms with Crippen LogP contribution in [0.15, 0.2) is 0 Å². The quantitative estimate of drug-likeness (QED) is 0.845. The van der Waals surface area contributed by atoms with Crippen LogP contribution in [0.5, 0.6) is 0 Å². The maximum absolute atomic E-state index is 6.20. The Kier molecular flexibility index (Phi) is 4.78. The molecule has 110 valence electrons. The highest BCUT2D eigenvalue weighted by Crippen LogP contribution is 2.31. The Morgan fingerprint density at radius 3 is 2.32 bits per heavy atom. The van der Waals surface area contributed by atoms with Crippen molar-refractivity contribution in [3.8, 4) is 0 Å². The number of hydrogen-bond donors (Lipinski definition) is 1. The average Bonchev–Trinajstić information content (AvgIpc) is 2.40. The van der Waals surface area contributed by atoms with Gasteiger partial charge in [-0.2, -0.15) is 0 Å². The zero-order valence-electron chi connectivity index (χ0n) is 12.4. The van der Waals surface area contributed by atoms with E-state index >= 15 is 0 Å². The second kappa shape index (κ2) is 6.55. The summed E-state index contributed by atoms with van der Waals surface area (Å²) in [5.74, 6) is 1.84. The zero-order valence-corrected chi connectivity index (χ0v) is 12.4. The van der Waals surface area contributed by atoms with E-state index in [2.05, 4.69) is 17.1 Å². The fraction of sp³-hybridized carbons (Fsp3) is 1.00. The minimum Gasteiger partial charge on any atom is -0.375 e. The number of hydrogen-bond acceptors (Lipinski definition) is 3. The molecule has 0 aromatic rings. The monoisotopic (exact) mass is 266 g/mol. The molecule has 0 aromatic heterocycles. The van der Waals surface area contributed by atoms with Gasteiger partial charge in [0.1, 0.15) is 0 Å². The predicted molar refractivity (Wildman–Crippen MR) is 78.3 cm³/mol. The number of rotatable bonds is 4. The van der Waals surface area contributed by atoms with Gasteiger partial charge in [0.15, 0.2) is 0 Å². The van der Waals surface area contributed by atoms with Crippen molar-refractivity contribution in [1.29, 1.82) is 0 Å². The summed E-state index contributed by atoms with van der Waals surface area (Å²) >= 11 is 0. The van der Waals surface area contributed by atoms with Crippen LogP contribution in [-0.2, 0) is 4.74 Å². The van der Waals surface area contributed by atoms with Crippen LogP contribution in [0, 0.1) is 11.8 Å². The Bertz CT molecular complexity index is 264. The number of ether oxygens (including phenoxy) is 1. The van der Waals surface area contributed by atoms with Gasteiger partial charge < -0.3 is 15.0 Å². The molecular formula is C16H30N2O. The first kappa shape index (κ1) is 13.8. The topological polar surface area (TPSA) is 24.5 Å². The van der Waals surface area contributed by atoms with Crippen LogP contribution < -0.4 is 5.32 Å². The van der Waals surface area contributed by atoms with Crippen molar-refractivity contribution in [2.75, 3.05) is 32.7 Å². The highest BCUT2D eigenvalue weighted by atomic mass is 16.5. The zero-order chi connectivity index (χ0) is 13.1. The average molecular weight is 266 g/mol. The lowest BCUT2D eigenvalue weighted by Gasteiger charge is -2.40. The van der Waals surface area contributed by atoms with Gasteiger partial charge in [0.2, 0.25) is 0 Å². The van der Waals surface area contributed by atoms with Gasteiger partial charge in [-0.3, -0.25) is 0 Å². The van der Waals surface area contributed by atoms with Gasteiger partial charge >= 0.3 is 0 Å². The van der Waals surface area contributed by atoms with Crippen LogP contribution >= 0.6 is 0 Å². The molecule has 1 saturated carbocycles. The second-order valence-electron chi connectivity index (χ2n) is 7.03. The number of likely N-dealkylation sites (tertiary alicyclic amines) is 1. The van der Waals surface area contributed by atoms with Gasteiger partial charge in [-0.15, -0.1) is 0 Å². The minimum atomic E-state index is 0.557. The summed E-state index contributed by atoms with van der Waals surface area (Å²) in [5, 5.41) is 3.46. The molecule has 3 heteroatoms. The standard InChI is InChI=1S/C16H30N2O/c1-13-10-16(11-13)19-15-4-8-18(9-5-15)12-14-2-6-17-7-3-14/h13-17H,2-12H2,1H3. The van der Waals surface area contributed by atoms with Gasteiger partial charge in [0, 0.05) is 19.6 Å². The summed E-state index contributed by atoms with van der Waals surface area (Å²) < 4.78 is 6.20. The summed E-state index contributed by atoms with van der Waals surface area (Å²) in [6, 6.07) is 0. The first-order valence-corrected chi connectivity index (χ1v) is 8.38. The van der Waals surface area contributed by atoms with E-state index in [0.29, 0.717) is 12.2 Å². The lowest BCUT2D eigenvalue weighted by atomic mass is 9.84. The van der Waals surface area contributed by atoms with Crippen LogP contribution in [0.25, 0.3) is 0 Å². The minimum absolute atomic E-state index is 0.557. The van der Waals surface area contributed by atoms with Crippen molar-refractivity contribution < 1.29 is 4.74 Å². The SMILES string of the molecule is CC1CC(OC2CCN(CC3CCNCC3)CC2)C1. The van der Waals surface area contributed by atoms with Gasteiger partial charge in [0.05, 0.1) is 12.2 Å². The Hall–Kier alpha value is -0.120. The van der Waals surface area contributed by atoms with Gasteiger partial charge in [-0.25, -0.2) is 0 Å². The van der Waals surface area contributed by atoms with E-state index in [9.17, 15) is 0 Å². The van der Waals surface area contributed by atoms with Gasteiger partial charge in [-0.05, 0) is 63.5 Å². The Labute approximate surface area is 118 Å². The molecule has 2 aliphatic heterocycles. The third-order valence-electron chi connectivity index (χ3n) is 5.23. The molecule has 3 nitrogen and oxygen atoms in total. The lowest BCUT2D eigenvalue weighted by molar-refractivity contribution is -0.0913. The van der Waals surface area contributed by atoms with Crippen molar-refractivity contribution in [3.63, 3.8) is 0 Å². The molecule has 2 saturated heterocycles. The maximum Gasteiger partial charge on any atom is 0.0603 e. The van der Waals surface area contributed by atoms with Gasteiger partial charge in [-0.1, -0.05) is 6.92 Å².